The summed E-state index contributed by atoms with van der Waals surface area (Å²) in [5, 5.41) is 56.6. The SMILES string of the molecule is C.C.CCO[C@@H]([C@H]1C[C@@H](C)[C@H]2[C@H](O1)[C@H](O)[C@@]1(C)[C@@H]3CC[C@H]4C(C)(C)[C@@H](O[C@H]5CN(CC(=O)O)CCO5)CC[C@@]45C[C@@]35CC[C@]21C)C(C)(C)O.CCO[C@@H]([C@H]1C[C@@H](C)[C@H]2[C@H](O1)[C@H](O)[C@@]1(C)[C@@H]3CC[C@H]4C(C)(C)[C@@H](O[C@H]5CN(CC(C)=O)CCO5)CC[C@@]45C[C@@]35CC[C@]21C)C(C)(C)O.[Na+].[OH-]. The van der Waals surface area contributed by atoms with Crippen LogP contribution in [0.1, 0.15) is 235 Å². The van der Waals surface area contributed by atoms with Gasteiger partial charge in [-0.25, -0.2) is 0 Å². The zero-order valence-corrected chi connectivity index (χ0v) is 64.6. The van der Waals surface area contributed by atoms with Crippen molar-refractivity contribution in [3.63, 3.8) is 0 Å². The molecule has 4 heterocycles. The number of carbonyl (C=O) groups is 2. The van der Waals surface area contributed by atoms with E-state index >= 15 is 0 Å². The van der Waals surface area contributed by atoms with E-state index in [1.807, 2.05) is 46.4 Å². The Bertz CT molecular complexity index is 2630. The topological polar surface area (TPSA) is 246 Å². The van der Waals surface area contributed by atoms with Crippen LogP contribution in [0.2, 0.25) is 0 Å². The predicted molar refractivity (Wildman–Crippen MR) is 371 cm³/mol. The minimum atomic E-state index is -1.03. The molecule has 0 aromatic heterocycles. The normalized spacial score (nSPS) is 49.1. The number of rotatable bonds is 16. The molecule has 0 aromatic rings. The standard InChI is InChI=1S/C39H65NO7.C38H63NO8.2CH4.Na.H2O/c1-10-44-33(35(6,7)43)25-19-23(2)30-31(46-25)32(42)37(9)27-12-11-26-34(4,5)28(47-29-21-40(17-18-45-29)20-24(3)41)13-14-38(26)22-39(27,38)16-15-36(30,37)8;1-9-44-32(34(5,6)43)23-18-22(2)29-30(46-23)31(42)36(8)25-11-10-24-33(3,4)26(47-28-20-39(16-17-45-28)19-27(40)41)12-13-37(24)21-38(25,37)15-14-35(29,36)7;;;;/h23,25-33,42-43H,10-22H2,1-9H3;22-26,28-32,42-43H,9-21H2,1-8H3,(H,40,41);2*1H4;;1H2/q;;;;+1;/p-1/t23-,25-,26+,27+,28+,29+,30+,31+,32+,33+,36-,37-,38-,39+;22-,23-,24+,25+,26+,28+,29+,30+,31+,32+,35-,36-,37-,38+;;;;/m11..../s1. The maximum atomic E-state index is 12.6. The summed E-state index contributed by atoms with van der Waals surface area (Å²) < 4.78 is 51.8. The summed E-state index contributed by atoms with van der Waals surface area (Å²) in [6.07, 6.45) is 14.7. The van der Waals surface area contributed by atoms with E-state index in [0.717, 1.165) is 70.8 Å². The maximum absolute atomic E-state index is 12.6. The largest absolute Gasteiger partial charge is 1.00 e. The van der Waals surface area contributed by atoms with Crippen molar-refractivity contribution in [2.45, 2.75) is 320 Å². The number of fused-ring (bicyclic) bond motifs is 8. The van der Waals surface area contributed by atoms with Gasteiger partial charge in [-0.15, -0.1) is 0 Å². The molecule has 14 aliphatic rings. The molecule has 18 nitrogen and oxygen atoms in total. The Labute approximate surface area is 613 Å². The number of carboxylic acids is 1. The molecular formula is C79H137N2NaO16. The van der Waals surface area contributed by atoms with Crippen molar-refractivity contribution < 1.29 is 108 Å². The van der Waals surface area contributed by atoms with E-state index < -0.39 is 41.6 Å². The van der Waals surface area contributed by atoms with Crippen LogP contribution in [0.5, 0.6) is 0 Å². The van der Waals surface area contributed by atoms with E-state index in [9.17, 15) is 35.1 Å². The van der Waals surface area contributed by atoms with Gasteiger partial charge < -0.3 is 68.9 Å². The van der Waals surface area contributed by atoms with Crippen LogP contribution in [0.25, 0.3) is 0 Å². The van der Waals surface area contributed by atoms with E-state index in [4.69, 9.17) is 37.9 Å². The number of aliphatic carboxylic acids is 1. The van der Waals surface area contributed by atoms with Gasteiger partial charge in [-0.05, 0) is 242 Å². The van der Waals surface area contributed by atoms with E-state index in [1.54, 1.807) is 6.92 Å². The summed E-state index contributed by atoms with van der Waals surface area (Å²) in [4.78, 5) is 27.2. The number of carboxylic acid groups (broad SMARTS) is 1. The fraction of sp³-hybridized carbons (Fsp3) is 0.975. The molecule has 560 valence electrons. The summed E-state index contributed by atoms with van der Waals surface area (Å²) in [6, 6.07) is 0. The summed E-state index contributed by atoms with van der Waals surface area (Å²) >= 11 is 0. The summed E-state index contributed by atoms with van der Waals surface area (Å²) in [7, 11) is 0. The number of morpholine rings is 2. The average Bonchev–Trinajstić information content (AvgIpc) is 1.46. The number of carbonyl (C=O) groups excluding carboxylic acids is 1. The third-order valence-corrected chi connectivity index (χ3v) is 32.0. The fourth-order valence-corrected chi connectivity index (χ4v) is 28.1. The molecule has 19 heteroatoms. The van der Waals surface area contributed by atoms with Crippen molar-refractivity contribution in [1.82, 2.24) is 9.80 Å². The number of nitrogens with zero attached hydrogens (tertiary/aromatic N) is 2. The van der Waals surface area contributed by atoms with E-state index in [0.29, 0.717) is 99.4 Å². The van der Waals surface area contributed by atoms with Gasteiger partial charge in [0.2, 0.25) is 0 Å². The third kappa shape index (κ3) is 12.1. The molecule has 28 atom stereocenters. The van der Waals surface area contributed by atoms with Crippen molar-refractivity contribution in [2.24, 2.45) is 101 Å². The Morgan fingerprint density at radius 3 is 1.27 bits per heavy atom. The Balaban J connectivity index is 0.000000220. The Morgan fingerprint density at radius 2 is 0.918 bits per heavy atom. The Morgan fingerprint density at radius 1 is 0.561 bits per heavy atom. The summed E-state index contributed by atoms with van der Waals surface area (Å²) in [5.74, 6) is 2.78. The van der Waals surface area contributed by atoms with Gasteiger partial charge in [0.15, 0.2) is 12.6 Å². The molecule has 0 radical (unpaired) electrons. The zero-order valence-electron chi connectivity index (χ0n) is 62.6. The first-order valence-electron chi connectivity index (χ1n) is 38.0. The van der Waals surface area contributed by atoms with Gasteiger partial charge in [0.05, 0.1) is 99.4 Å². The van der Waals surface area contributed by atoms with Crippen LogP contribution in [-0.4, -0.2) is 203 Å². The second-order valence-electron chi connectivity index (χ2n) is 37.6. The molecule has 10 saturated carbocycles. The minimum absolute atomic E-state index is 0. The third-order valence-electron chi connectivity index (χ3n) is 32.0. The van der Waals surface area contributed by atoms with Crippen molar-refractivity contribution in [1.29, 1.82) is 0 Å². The molecule has 10 aliphatic carbocycles. The van der Waals surface area contributed by atoms with Gasteiger partial charge >= 0.3 is 35.5 Å². The van der Waals surface area contributed by atoms with Crippen LogP contribution in [0.3, 0.4) is 0 Å². The average molecular weight is 1390 g/mol. The van der Waals surface area contributed by atoms with E-state index in [1.165, 1.54) is 38.5 Å². The fourth-order valence-electron chi connectivity index (χ4n) is 28.1. The molecule has 4 aliphatic heterocycles. The molecule has 0 bridgehead atoms. The van der Waals surface area contributed by atoms with Crippen LogP contribution in [-0.2, 0) is 47.5 Å². The van der Waals surface area contributed by atoms with E-state index in [2.05, 4.69) is 74.1 Å². The van der Waals surface area contributed by atoms with Crippen LogP contribution >= 0.6 is 0 Å². The number of aliphatic hydroxyl groups excluding tert-OH is 2. The van der Waals surface area contributed by atoms with Crippen LogP contribution < -0.4 is 29.6 Å². The Hall–Kier alpha value is -0.460. The van der Waals surface area contributed by atoms with Crippen molar-refractivity contribution in [3.05, 3.63) is 0 Å². The van der Waals surface area contributed by atoms with Crippen molar-refractivity contribution >= 4 is 11.8 Å². The molecule has 0 unspecified atom stereocenters. The smallest absolute Gasteiger partial charge is 0.870 e. The van der Waals surface area contributed by atoms with Gasteiger partial charge in [-0.2, -0.15) is 0 Å². The number of hydrogen-bond donors (Lipinski definition) is 5. The van der Waals surface area contributed by atoms with Crippen LogP contribution in [0, 0.1) is 101 Å². The maximum Gasteiger partial charge on any atom is 1.00 e. The summed E-state index contributed by atoms with van der Waals surface area (Å²) in [6.45, 7) is 42.4. The molecule has 4 saturated heterocycles. The van der Waals surface area contributed by atoms with Crippen molar-refractivity contribution in [3.8, 4) is 0 Å². The number of aliphatic hydroxyl groups is 4. The first-order chi connectivity index (χ1) is 43.9. The van der Waals surface area contributed by atoms with Gasteiger partial charge in [-0.1, -0.05) is 84.1 Å². The monoisotopic (exact) mass is 1390 g/mol. The number of Topliss-reactive ketones (excluding diaryl/α,β-unsaturated/α-hetero) is 1. The minimum Gasteiger partial charge on any atom is -0.870 e. The van der Waals surface area contributed by atoms with Gasteiger partial charge in [0.25, 0.3) is 0 Å². The second kappa shape index (κ2) is 28.0. The Kier molecular flexibility index (Phi) is 23.3. The molecule has 6 N–H and O–H groups in total. The van der Waals surface area contributed by atoms with E-state index in [-0.39, 0.29) is 166 Å². The van der Waals surface area contributed by atoms with Crippen LogP contribution in [0.15, 0.2) is 0 Å². The molecule has 4 spiro atoms. The van der Waals surface area contributed by atoms with Gasteiger partial charge in [0.1, 0.15) is 18.0 Å². The molecule has 0 amide bonds. The van der Waals surface area contributed by atoms with Crippen molar-refractivity contribution in [2.75, 3.05) is 65.7 Å². The van der Waals surface area contributed by atoms with Gasteiger partial charge in [0, 0.05) is 37.1 Å². The molecule has 14 fully saturated rings. The molecular weight excluding hydrogens is 1260 g/mol. The summed E-state index contributed by atoms with van der Waals surface area (Å²) in [5.41, 5.74) is -1.38. The predicted octanol–water partition coefficient (Wildman–Crippen LogP) is 8.81. The number of ether oxygens (including phenoxy) is 8. The first kappa shape index (κ1) is 81.6. The molecule has 14 rings (SSSR count). The molecule has 98 heavy (non-hydrogen) atoms. The number of hydrogen-bond acceptors (Lipinski definition) is 17. The van der Waals surface area contributed by atoms with Crippen LogP contribution in [0.4, 0.5) is 0 Å². The first-order valence-corrected chi connectivity index (χ1v) is 38.0. The number of ketones is 1. The quantitative estimate of drug-likeness (QED) is 0.0906. The zero-order chi connectivity index (χ0) is 67.9. The molecule has 0 aromatic carbocycles. The second-order valence-corrected chi connectivity index (χ2v) is 37.6. The van der Waals surface area contributed by atoms with Gasteiger partial charge in [-0.3, -0.25) is 19.4 Å².